The lowest BCUT2D eigenvalue weighted by atomic mass is 10.0. The van der Waals surface area contributed by atoms with Gasteiger partial charge in [0.15, 0.2) is 0 Å². The van der Waals surface area contributed by atoms with Crippen molar-refractivity contribution in [3.05, 3.63) is 52.1 Å². The van der Waals surface area contributed by atoms with Crippen LogP contribution in [-0.2, 0) is 12.8 Å². The topological polar surface area (TPSA) is 0 Å². The van der Waals surface area contributed by atoms with E-state index in [1.807, 2.05) is 0 Å². The summed E-state index contributed by atoms with van der Waals surface area (Å²) < 4.78 is 0. The molecule has 0 aromatic heterocycles. The van der Waals surface area contributed by atoms with Crippen LogP contribution in [0.15, 0.2) is 41.0 Å². The van der Waals surface area contributed by atoms with Crippen molar-refractivity contribution < 1.29 is 0 Å². The molecule has 2 atom stereocenters. The quantitative estimate of drug-likeness (QED) is 0.514. The summed E-state index contributed by atoms with van der Waals surface area (Å²) in [6, 6.07) is 8.84. The van der Waals surface area contributed by atoms with Crippen LogP contribution in [0.25, 0.3) is 0 Å². The number of hydrogen-bond acceptors (Lipinski definition) is 0. The monoisotopic (exact) mass is 340 g/mol. The number of allylic oxidation sites excluding steroid dienone is 4. The van der Waals surface area contributed by atoms with E-state index in [0.29, 0.717) is 0 Å². The van der Waals surface area contributed by atoms with Gasteiger partial charge in [0.05, 0.1) is 8.07 Å². The maximum Gasteiger partial charge on any atom is 0.0976 e. The zero-order chi connectivity index (χ0) is 18.1. The van der Waals surface area contributed by atoms with Crippen LogP contribution in [0, 0.1) is 0 Å². The van der Waals surface area contributed by atoms with E-state index < -0.39 is 8.07 Å². The lowest BCUT2D eigenvalue weighted by Gasteiger charge is -2.44. The average Bonchev–Trinajstić information content (AvgIpc) is 2.78. The first-order valence-corrected chi connectivity index (χ1v) is 12.4. The minimum atomic E-state index is -1.69. The molecular formula is C23H36Si. The molecule has 132 valence electrons. The Kier molecular flexibility index (Phi) is 5.64. The highest BCUT2D eigenvalue weighted by atomic mass is 28.3. The van der Waals surface area contributed by atoms with E-state index in [0.717, 1.165) is 12.8 Å². The van der Waals surface area contributed by atoms with Crippen LogP contribution in [0.3, 0.4) is 0 Å². The standard InChI is InChI=1S/C23H36Si/c1-9-12-24(8,23(7)16-17(4)18(5)19(23)6)22-14-20(10-2)13-21(11-3)15-22/h13-16H,9-12H2,1-8H3. The predicted molar refractivity (Wildman–Crippen MR) is 112 cm³/mol. The molecule has 0 amide bonds. The highest BCUT2D eigenvalue weighted by Crippen LogP contribution is 2.54. The second-order valence-corrected chi connectivity index (χ2v) is 12.9. The summed E-state index contributed by atoms with van der Waals surface area (Å²) >= 11 is 0. The van der Waals surface area contributed by atoms with Crippen LogP contribution in [0.4, 0.5) is 0 Å². The molecule has 2 rings (SSSR count). The Morgan fingerprint density at radius 1 is 0.917 bits per heavy atom. The highest BCUT2D eigenvalue weighted by Gasteiger charge is 2.49. The van der Waals surface area contributed by atoms with Gasteiger partial charge in [0, 0.05) is 5.04 Å². The van der Waals surface area contributed by atoms with Crippen molar-refractivity contribution >= 4 is 13.3 Å². The zero-order valence-electron chi connectivity index (χ0n) is 17.1. The molecule has 0 radical (unpaired) electrons. The first kappa shape index (κ1) is 19.2. The third-order valence-corrected chi connectivity index (χ3v) is 12.7. The summed E-state index contributed by atoms with van der Waals surface area (Å²) in [7, 11) is -1.69. The van der Waals surface area contributed by atoms with E-state index in [2.05, 4.69) is 79.3 Å². The smallest absolute Gasteiger partial charge is 0.0737 e. The number of aryl methyl sites for hydroxylation is 2. The molecule has 0 saturated heterocycles. The fourth-order valence-corrected chi connectivity index (χ4v) is 9.57. The normalized spacial score (nSPS) is 23.4. The average molecular weight is 341 g/mol. The van der Waals surface area contributed by atoms with Crippen LogP contribution >= 0.6 is 0 Å². The molecule has 0 N–H and O–H groups in total. The van der Waals surface area contributed by atoms with Gasteiger partial charge in [-0.25, -0.2) is 0 Å². The lowest BCUT2D eigenvalue weighted by Crippen LogP contribution is -2.54. The van der Waals surface area contributed by atoms with Crippen molar-refractivity contribution in [2.24, 2.45) is 0 Å². The summed E-state index contributed by atoms with van der Waals surface area (Å²) in [6.45, 7) is 19.1. The third-order valence-electron chi connectivity index (χ3n) is 6.84. The summed E-state index contributed by atoms with van der Waals surface area (Å²) in [5.41, 5.74) is 7.66. The first-order chi connectivity index (χ1) is 11.2. The Labute approximate surface area is 151 Å². The fraction of sp³-hybridized carbons (Fsp3) is 0.565. The lowest BCUT2D eigenvalue weighted by molar-refractivity contribution is 0.833. The van der Waals surface area contributed by atoms with Gasteiger partial charge in [-0.15, -0.1) is 0 Å². The molecule has 0 nitrogen and oxygen atoms in total. The molecule has 0 heterocycles. The zero-order valence-corrected chi connectivity index (χ0v) is 18.1. The number of rotatable bonds is 6. The number of benzene rings is 1. The molecule has 0 saturated carbocycles. The van der Waals surface area contributed by atoms with E-state index in [4.69, 9.17) is 0 Å². The Morgan fingerprint density at radius 3 is 1.83 bits per heavy atom. The highest BCUT2D eigenvalue weighted by molar-refractivity contribution is 6.94. The summed E-state index contributed by atoms with van der Waals surface area (Å²) in [6.07, 6.45) is 6.15. The van der Waals surface area contributed by atoms with E-state index in [-0.39, 0.29) is 5.04 Å². The minimum Gasteiger partial charge on any atom is -0.0737 e. The Morgan fingerprint density at radius 2 is 1.46 bits per heavy atom. The molecule has 1 heteroatoms. The van der Waals surface area contributed by atoms with E-state index >= 15 is 0 Å². The van der Waals surface area contributed by atoms with Crippen molar-refractivity contribution in [1.82, 2.24) is 0 Å². The molecule has 0 fully saturated rings. The van der Waals surface area contributed by atoms with Gasteiger partial charge in [-0.2, -0.15) is 0 Å². The molecule has 0 bridgehead atoms. The van der Waals surface area contributed by atoms with Crippen LogP contribution in [0.5, 0.6) is 0 Å². The van der Waals surface area contributed by atoms with Crippen molar-refractivity contribution in [3.8, 4) is 0 Å². The molecular weight excluding hydrogens is 304 g/mol. The SMILES string of the molecule is CCC[Si](C)(c1cc(CC)cc(CC)c1)C1(C)C=C(C)C(C)=C1C. The van der Waals surface area contributed by atoms with Gasteiger partial charge in [0.25, 0.3) is 0 Å². The van der Waals surface area contributed by atoms with Crippen molar-refractivity contribution in [2.45, 2.75) is 85.4 Å². The predicted octanol–water partition coefficient (Wildman–Crippen LogP) is 6.56. The number of hydrogen-bond donors (Lipinski definition) is 0. The van der Waals surface area contributed by atoms with Gasteiger partial charge >= 0.3 is 0 Å². The molecule has 2 unspecified atom stereocenters. The van der Waals surface area contributed by atoms with Gasteiger partial charge in [-0.05, 0) is 50.3 Å². The van der Waals surface area contributed by atoms with Crippen molar-refractivity contribution in [3.63, 3.8) is 0 Å². The molecule has 1 aromatic carbocycles. The first-order valence-electron chi connectivity index (χ1n) is 9.74. The maximum absolute atomic E-state index is 2.64. The maximum atomic E-state index is 2.64. The Hall–Kier alpha value is -1.08. The molecule has 1 aromatic rings. The van der Waals surface area contributed by atoms with E-state index in [9.17, 15) is 0 Å². The summed E-state index contributed by atoms with van der Waals surface area (Å²) in [5.74, 6) is 0. The van der Waals surface area contributed by atoms with Gasteiger partial charge in [0.1, 0.15) is 0 Å². The molecule has 0 aliphatic heterocycles. The molecule has 0 spiro atoms. The Bertz CT molecular complexity index is 657. The van der Waals surface area contributed by atoms with Crippen LogP contribution in [-0.4, -0.2) is 8.07 Å². The summed E-state index contributed by atoms with van der Waals surface area (Å²) in [4.78, 5) is 0. The third kappa shape index (κ3) is 2.96. The van der Waals surface area contributed by atoms with Gasteiger partial charge in [-0.1, -0.05) is 87.3 Å². The molecule has 1 aliphatic rings. The molecule has 1 aliphatic carbocycles. The van der Waals surface area contributed by atoms with Crippen LogP contribution in [0.1, 0.15) is 66.0 Å². The van der Waals surface area contributed by atoms with Gasteiger partial charge in [-0.3, -0.25) is 0 Å². The van der Waals surface area contributed by atoms with Gasteiger partial charge < -0.3 is 0 Å². The minimum absolute atomic E-state index is 0.245. The van der Waals surface area contributed by atoms with E-state index in [1.165, 1.54) is 34.7 Å². The second kappa shape index (κ2) is 7.04. The second-order valence-electron chi connectivity index (χ2n) is 8.11. The largest absolute Gasteiger partial charge is 0.0976 e. The fourth-order valence-electron chi connectivity index (χ4n) is 4.60. The van der Waals surface area contributed by atoms with E-state index in [1.54, 1.807) is 10.8 Å². The van der Waals surface area contributed by atoms with Crippen molar-refractivity contribution in [2.75, 3.05) is 0 Å². The van der Waals surface area contributed by atoms with Crippen LogP contribution in [0.2, 0.25) is 17.6 Å². The summed E-state index contributed by atoms with van der Waals surface area (Å²) in [5, 5.41) is 1.91. The Balaban J connectivity index is 2.69. The van der Waals surface area contributed by atoms with Gasteiger partial charge in [0.2, 0.25) is 0 Å². The molecule has 24 heavy (non-hydrogen) atoms. The van der Waals surface area contributed by atoms with Crippen molar-refractivity contribution in [1.29, 1.82) is 0 Å². The van der Waals surface area contributed by atoms with Crippen LogP contribution < -0.4 is 5.19 Å².